The van der Waals surface area contributed by atoms with Crippen LogP contribution in [-0.4, -0.2) is 44.2 Å². The number of carbonyl (C=O) groups is 1. The summed E-state index contributed by atoms with van der Waals surface area (Å²) in [7, 11) is -0.492. The van der Waals surface area contributed by atoms with Crippen LogP contribution in [0.2, 0.25) is 0 Å². The van der Waals surface area contributed by atoms with Crippen molar-refractivity contribution in [2.75, 3.05) is 20.6 Å². The van der Waals surface area contributed by atoms with Gasteiger partial charge in [0.1, 0.15) is 4.21 Å². The zero-order valence-corrected chi connectivity index (χ0v) is 15.7. The maximum Gasteiger partial charge on any atom is 0.252 e. The molecule has 2 rings (SSSR count). The first-order chi connectivity index (χ1) is 11.3. The van der Waals surface area contributed by atoms with Gasteiger partial charge >= 0.3 is 0 Å². The summed E-state index contributed by atoms with van der Waals surface area (Å²) < 4.78 is 26.0. The van der Waals surface area contributed by atoms with Gasteiger partial charge in [0.2, 0.25) is 5.91 Å². The number of rotatable bonds is 7. The van der Waals surface area contributed by atoms with Crippen molar-refractivity contribution in [3.8, 4) is 0 Å². The van der Waals surface area contributed by atoms with Crippen LogP contribution in [0.25, 0.3) is 0 Å². The van der Waals surface area contributed by atoms with Crippen molar-refractivity contribution in [2.45, 2.75) is 24.1 Å². The van der Waals surface area contributed by atoms with Gasteiger partial charge in [-0.2, -0.15) is 4.31 Å². The van der Waals surface area contributed by atoms with Crippen LogP contribution < -0.4 is 0 Å². The third kappa shape index (κ3) is 4.43. The predicted molar refractivity (Wildman–Crippen MR) is 96.4 cm³/mol. The number of nitrogens with zero attached hydrogens (tertiary/aromatic N) is 2. The van der Waals surface area contributed by atoms with Crippen molar-refractivity contribution in [1.82, 2.24) is 9.21 Å². The number of amides is 1. The molecule has 0 unspecified atom stereocenters. The summed E-state index contributed by atoms with van der Waals surface area (Å²) in [5.74, 6) is -0.239. The highest BCUT2D eigenvalue weighted by Gasteiger charge is 2.25. The lowest BCUT2D eigenvalue weighted by Crippen LogP contribution is -2.38. The molecule has 2 aromatic rings. The standard InChI is InChI=1S/C17H22N2O3S2/c1-4-14-7-9-15(10-8-14)12-18(2)16(20)13-19(3)24(21,22)17-6-5-11-23-17/h5-11H,4,12-13H2,1-3H3. The van der Waals surface area contributed by atoms with Crippen molar-refractivity contribution >= 4 is 27.3 Å². The summed E-state index contributed by atoms with van der Waals surface area (Å²) in [6.45, 7) is 2.37. The quantitative estimate of drug-likeness (QED) is 0.757. The Labute approximate surface area is 147 Å². The van der Waals surface area contributed by atoms with Gasteiger partial charge in [-0.05, 0) is 29.0 Å². The summed E-state index contributed by atoms with van der Waals surface area (Å²) >= 11 is 1.15. The highest BCUT2D eigenvalue weighted by Crippen LogP contribution is 2.19. The van der Waals surface area contributed by atoms with E-state index in [1.807, 2.05) is 24.3 Å². The van der Waals surface area contributed by atoms with Crippen LogP contribution in [0.4, 0.5) is 0 Å². The minimum Gasteiger partial charge on any atom is -0.340 e. The SMILES string of the molecule is CCc1ccc(CN(C)C(=O)CN(C)S(=O)(=O)c2cccs2)cc1. The van der Waals surface area contributed by atoms with Gasteiger partial charge < -0.3 is 4.90 Å². The second-order valence-corrected chi connectivity index (χ2v) is 8.83. The van der Waals surface area contributed by atoms with Gasteiger partial charge in [0.05, 0.1) is 6.54 Å². The topological polar surface area (TPSA) is 57.7 Å². The summed E-state index contributed by atoms with van der Waals surface area (Å²) in [6, 6.07) is 11.3. The van der Waals surface area contributed by atoms with Gasteiger partial charge in [0.15, 0.2) is 0 Å². The molecule has 24 heavy (non-hydrogen) atoms. The predicted octanol–water partition coefficient (Wildman–Crippen LogP) is 2.59. The van der Waals surface area contributed by atoms with E-state index in [-0.39, 0.29) is 16.7 Å². The summed E-state index contributed by atoms with van der Waals surface area (Å²) in [5, 5.41) is 1.70. The molecule has 0 fully saturated rings. The lowest BCUT2D eigenvalue weighted by molar-refractivity contribution is -0.130. The Hall–Kier alpha value is -1.70. The van der Waals surface area contributed by atoms with E-state index in [1.165, 1.54) is 12.6 Å². The van der Waals surface area contributed by atoms with Crippen LogP contribution in [0, 0.1) is 0 Å². The van der Waals surface area contributed by atoms with E-state index in [1.54, 1.807) is 29.5 Å². The Morgan fingerprint density at radius 2 is 1.71 bits per heavy atom. The van der Waals surface area contributed by atoms with E-state index >= 15 is 0 Å². The van der Waals surface area contributed by atoms with Gasteiger partial charge in [0, 0.05) is 20.6 Å². The number of benzene rings is 1. The van der Waals surface area contributed by atoms with E-state index in [0.29, 0.717) is 6.54 Å². The first kappa shape index (κ1) is 18.6. The Morgan fingerprint density at radius 1 is 1.08 bits per heavy atom. The Kier molecular flexibility index (Phi) is 6.15. The van der Waals surface area contributed by atoms with Crippen LogP contribution in [0.15, 0.2) is 46.0 Å². The molecule has 0 spiro atoms. The van der Waals surface area contributed by atoms with E-state index in [2.05, 4.69) is 6.92 Å². The zero-order chi connectivity index (χ0) is 17.7. The van der Waals surface area contributed by atoms with Crippen LogP contribution in [0.3, 0.4) is 0 Å². The maximum absolute atomic E-state index is 12.3. The highest BCUT2D eigenvalue weighted by atomic mass is 32.2. The maximum atomic E-state index is 12.3. The zero-order valence-electron chi connectivity index (χ0n) is 14.1. The average molecular weight is 367 g/mol. The number of likely N-dealkylation sites (N-methyl/N-ethyl adjacent to an activating group) is 2. The fourth-order valence-electron chi connectivity index (χ4n) is 2.20. The molecule has 0 aliphatic carbocycles. The normalized spacial score (nSPS) is 11.7. The largest absolute Gasteiger partial charge is 0.340 e. The first-order valence-corrected chi connectivity index (χ1v) is 9.98. The number of aryl methyl sites for hydroxylation is 1. The lowest BCUT2D eigenvalue weighted by atomic mass is 10.1. The molecule has 0 bridgehead atoms. The van der Waals surface area contributed by atoms with Gasteiger partial charge in [-0.1, -0.05) is 37.3 Å². The molecule has 1 aromatic carbocycles. The number of sulfonamides is 1. The molecule has 0 atom stereocenters. The van der Waals surface area contributed by atoms with Gasteiger partial charge in [-0.25, -0.2) is 8.42 Å². The third-order valence-corrected chi connectivity index (χ3v) is 6.97. The molecule has 5 nitrogen and oxygen atoms in total. The summed E-state index contributed by atoms with van der Waals surface area (Å²) in [5.41, 5.74) is 2.27. The fourth-order valence-corrected chi connectivity index (χ4v) is 4.52. The van der Waals surface area contributed by atoms with Crippen LogP contribution >= 0.6 is 11.3 Å². The Morgan fingerprint density at radius 3 is 2.25 bits per heavy atom. The van der Waals surface area contributed by atoms with E-state index in [9.17, 15) is 13.2 Å². The highest BCUT2D eigenvalue weighted by molar-refractivity contribution is 7.91. The van der Waals surface area contributed by atoms with E-state index < -0.39 is 10.0 Å². The monoisotopic (exact) mass is 366 g/mol. The molecule has 0 saturated carbocycles. The molecule has 0 aliphatic rings. The molecule has 7 heteroatoms. The fraction of sp³-hybridized carbons (Fsp3) is 0.353. The Balaban J connectivity index is 1.98. The minimum absolute atomic E-state index is 0.177. The third-order valence-electron chi connectivity index (χ3n) is 3.79. The van der Waals surface area contributed by atoms with E-state index in [4.69, 9.17) is 0 Å². The molecule has 0 N–H and O–H groups in total. The van der Waals surface area contributed by atoms with Crippen molar-refractivity contribution in [1.29, 1.82) is 0 Å². The number of thiophene rings is 1. The average Bonchev–Trinajstić information content (AvgIpc) is 3.10. The minimum atomic E-state index is -3.60. The van der Waals surface area contributed by atoms with E-state index in [0.717, 1.165) is 27.6 Å². The number of hydrogen-bond donors (Lipinski definition) is 0. The molecule has 0 aliphatic heterocycles. The first-order valence-electron chi connectivity index (χ1n) is 7.66. The Bertz CT molecular complexity index is 769. The smallest absolute Gasteiger partial charge is 0.252 e. The molecule has 0 radical (unpaired) electrons. The summed E-state index contributed by atoms with van der Waals surface area (Å²) in [4.78, 5) is 13.9. The van der Waals surface area contributed by atoms with Gasteiger partial charge in [-0.15, -0.1) is 11.3 Å². The van der Waals surface area contributed by atoms with Gasteiger partial charge in [-0.3, -0.25) is 4.79 Å². The van der Waals surface area contributed by atoms with Gasteiger partial charge in [0.25, 0.3) is 10.0 Å². The number of carbonyl (C=O) groups excluding carboxylic acids is 1. The molecule has 130 valence electrons. The summed E-state index contributed by atoms with van der Waals surface area (Å²) in [6.07, 6.45) is 0.973. The molecule has 0 saturated heterocycles. The molecular weight excluding hydrogens is 344 g/mol. The van der Waals surface area contributed by atoms with Crippen molar-refractivity contribution in [3.63, 3.8) is 0 Å². The van der Waals surface area contributed by atoms with Crippen molar-refractivity contribution < 1.29 is 13.2 Å². The van der Waals surface area contributed by atoms with Crippen molar-refractivity contribution in [2.24, 2.45) is 0 Å². The van der Waals surface area contributed by atoms with Crippen LogP contribution in [0.1, 0.15) is 18.1 Å². The molecular formula is C17H22N2O3S2. The van der Waals surface area contributed by atoms with Crippen LogP contribution in [0.5, 0.6) is 0 Å². The second kappa shape index (κ2) is 7.92. The second-order valence-electron chi connectivity index (χ2n) is 5.61. The van der Waals surface area contributed by atoms with Crippen LogP contribution in [-0.2, 0) is 27.8 Å². The molecule has 1 amide bonds. The lowest BCUT2D eigenvalue weighted by Gasteiger charge is -2.21. The molecule has 1 aromatic heterocycles. The number of hydrogen-bond acceptors (Lipinski definition) is 4. The van der Waals surface area contributed by atoms with Crippen molar-refractivity contribution in [3.05, 3.63) is 52.9 Å². The molecule has 1 heterocycles.